The van der Waals surface area contributed by atoms with Crippen LogP contribution in [0.25, 0.3) is 5.65 Å². The Kier molecular flexibility index (Phi) is 4.25. The Bertz CT molecular complexity index is 933. The van der Waals surface area contributed by atoms with E-state index in [1.807, 2.05) is 10.7 Å². The smallest absolute Gasteiger partial charge is 0.260 e. The van der Waals surface area contributed by atoms with E-state index in [1.165, 1.54) is 10.8 Å². The zero-order valence-corrected chi connectivity index (χ0v) is 14.3. The second-order valence-electron chi connectivity index (χ2n) is 6.22. The van der Waals surface area contributed by atoms with Crippen LogP contribution >= 0.6 is 0 Å². The molecule has 3 aromatic heterocycles. The lowest BCUT2D eigenvalue weighted by atomic mass is 10.2. The molecular weight excluding hydrogens is 338 g/mol. The molecule has 0 unspecified atom stereocenters. The molecule has 26 heavy (non-hydrogen) atoms. The molecule has 136 valence electrons. The number of hydrogen-bond donors (Lipinski definition) is 1. The van der Waals surface area contributed by atoms with Gasteiger partial charge in [-0.1, -0.05) is 0 Å². The summed E-state index contributed by atoms with van der Waals surface area (Å²) < 4.78 is 8.88. The largest absolute Gasteiger partial charge is 0.467 e. The molecule has 4 rings (SSSR count). The van der Waals surface area contributed by atoms with Gasteiger partial charge in [-0.05, 0) is 25.5 Å². The van der Waals surface area contributed by atoms with Gasteiger partial charge in [0.15, 0.2) is 12.3 Å². The van der Waals surface area contributed by atoms with Gasteiger partial charge in [0, 0.05) is 19.2 Å². The summed E-state index contributed by atoms with van der Waals surface area (Å²) in [7, 11) is 0. The van der Waals surface area contributed by atoms with E-state index in [-0.39, 0.29) is 12.5 Å². The highest BCUT2D eigenvalue weighted by Gasteiger charge is 2.22. The zero-order valence-electron chi connectivity index (χ0n) is 14.3. The molecule has 0 fully saturated rings. The van der Waals surface area contributed by atoms with Gasteiger partial charge in [-0.25, -0.2) is 0 Å². The van der Waals surface area contributed by atoms with Gasteiger partial charge in [-0.3, -0.25) is 9.48 Å². The number of aryl methyl sites for hydroxylation is 1. The van der Waals surface area contributed by atoms with E-state index < -0.39 is 6.10 Å². The molecule has 1 atom stereocenters. The Morgan fingerprint density at radius 2 is 2.23 bits per heavy atom. The number of amides is 1. The number of hydrogen-bond acceptors (Lipinski definition) is 7. The van der Waals surface area contributed by atoms with Gasteiger partial charge in [0.25, 0.3) is 5.91 Å². The van der Waals surface area contributed by atoms with Crippen LogP contribution in [0, 0.1) is 0 Å². The van der Waals surface area contributed by atoms with Crippen molar-refractivity contribution in [1.82, 2.24) is 34.5 Å². The summed E-state index contributed by atoms with van der Waals surface area (Å²) in [6, 6.07) is 5.23. The fraction of sp³-hybridized carbons (Fsp3) is 0.438. The summed E-state index contributed by atoms with van der Waals surface area (Å²) in [6.45, 7) is 3.38. The third kappa shape index (κ3) is 3.23. The van der Waals surface area contributed by atoms with Crippen LogP contribution in [0.5, 0.6) is 5.88 Å². The predicted molar refractivity (Wildman–Crippen MR) is 89.2 cm³/mol. The van der Waals surface area contributed by atoms with Crippen molar-refractivity contribution < 1.29 is 14.6 Å². The summed E-state index contributed by atoms with van der Waals surface area (Å²) in [4.78, 5) is 14.3. The summed E-state index contributed by atoms with van der Waals surface area (Å²) >= 11 is 0. The van der Waals surface area contributed by atoms with Crippen molar-refractivity contribution in [3.05, 3.63) is 35.9 Å². The van der Waals surface area contributed by atoms with Crippen molar-refractivity contribution in [1.29, 1.82) is 0 Å². The minimum atomic E-state index is -0.624. The molecule has 0 radical (unpaired) electrons. The van der Waals surface area contributed by atoms with Gasteiger partial charge in [0.05, 0.1) is 24.0 Å². The van der Waals surface area contributed by atoms with Crippen LogP contribution in [-0.2, 0) is 17.9 Å². The van der Waals surface area contributed by atoms with Crippen molar-refractivity contribution in [2.24, 2.45) is 0 Å². The number of aromatic nitrogens is 6. The molecule has 1 aliphatic rings. The molecule has 1 aliphatic heterocycles. The average Bonchev–Trinajstić information content (AvgIpc) is 3.21. The number of carbonyl (C=O) groups excluding carboxylic acids is 1. The van der Waals surface area contributed by atoms with Crippen molar-refractivity contribution in [2.45, 2.75) is 32.5 Å². The van der Waals surface area contributed by atoms with Crippen LogP contribution in [0.1, 0.15) is 30.8 Å². The predicted octanol–water partition coefficient (Wildman–Crippen LogP) is 0.185. The monoisotopic (exact) mass is 357 g/mol. The molecule has 0 bridgehead atoms. The highest BCUT2D eigenvalue weighted by Crippen LogP contribution is 2.18. The number of rotatable bonds is 4. The van der Waals surface area contributed by atoms with Gasteiger partial charge in [-0.2, -0.15) is 9.61 Å². The molecule has 0 saturated carbocycles. The minimum Gasteiger partial charge on any atom is -0.467 e. The molecule has 3 aromatic rings. The van der Waals surface area contributed by atoms with Crippen molar-refractivity contribution in [3.8, 4) is 5.88 Å². The third-order valence-corrected chi connectivity index (χ3v) is 4.29. The van der Waals surface area contributed by atoms with Crippen molar-refractivity contribution in [2.75, 3.05) is 13.2 Å². The second kappa shape index (κ2) is 6.71. The molecule has 0 aromatic carbocycles. The quantitative estimate of drug-likeness (QED) is 0.709. The molecular formula is C16H19N7O3. The molecule has 0 spiro atoms. The van der Waals surface area contributed by atoms with Crippen LogP contribution < -0.4 is 4.74 Å². The Labute approximate surface area is 149 Å². The fourth-order valence-electron chi connectivity index (χ4n) is 2.92. The molecule has 1 amide bonds. The molecule has 10 nitrogen and oxygen atoms in total. The maximum atomic E-state index is 12.6. The van der Waals surface area contributed by atoms with E-state index >= 15 is 0 Å². The second-order valence-corrected chi connectivity index (χ2v) is 6.22. The van der Waals surface area contributed by atoms with Gasteiger partial charge < -0.3 is 14.7 Å². The topological polar surface area (TPSA) is 111 Å². The van der Waals surface area contributed by atoms with Crippen molar-refractivity contribution in [3.63, 3.8) is 0 Å². The Balaban J connectivity index is 1.42. The molecule has 0 aliphatic carbocycles. The lowest BCUT2D eigenvalue weighted by Gasteiger charge is -2.19. The maximum Gasteiger partial charge on any atom is 0.260 e. The van der Waals surface area contributed by atoms with Crippen LogP contribution in [0.3, 0.4) is 0 Å². The Morgan fingerprint density at radius 3 is 3.08 bits per heavy atom. The molecule has 10 heteroatoms. The third-order valence-electron chi connectivity index (χ3n) is 4.29. The average molecular weight is 357 g/mol. The van der Waals surface area contributed by atoms with Crippen LogP contribution in [0.15, 0.2) is 24.5 Å². The molecule has 1 N–H and O–H groups in total. The number of carbonyl (C=O) groups is 1. The standard InChI is InChI=1S/C16H19N7O3/c1-11(24)13-7-12-8-21(5-2-6-22(12)19-13)16(25)9-26-15-4-3-14-18-17-10-23(14)20-15/h3-4,7,10-11,24H,2,5-6,8-9H2,1H3/t11-/m1/s1. The summed E-state index contributed by atoms with van der Waals surface area (Å²) in [5, 5.41) is 25.9. The van der Waals surface area contributed by atoms with E-state index in [0.29, 0.717) is 30.3 Å². The maximum absolute atomic E-state index is 12.6. The summed E-state index contributed by atoms with van der Waals surface area (Å²) in [5.74, 6) is 0.214. The van der Waals surface area contributed by atoms with E-state index in [1.54, 1.807) is 24.0 Å². The number of fused-ring (bicyclic) bond motifs is 2. The summed E-state index contributed by atoms with van der Waals surface area (Å²) in [6.07, 6.45) is 1.64. The van der Waals surface area contributed by atoms with Gasteiger partial charge in [0.1, 0.15) is 6.33 Å². The van der Waals surface area contributed by atoms with E-state index in [4.69, 9.17) is 4.74 Å². The number of nitrogens with zero attached hydrogens (tertiary/aromatic N) is 7. The van der Waals surface area contributed by atoms with Gasteiger partial charge in [0.2, 0.25) is 5.88 Å². The van der Waals surface area contributed by atoms with E-state index in [2.05, 4.69) is 20.4 Å². The van der Waals surface area contributed by atoms with Crippen LogP contribution in [0.4, 0.5) is 0 Å². The fourth-order valence-corrected chi connectivity index (χ4v) is 2.92. The highest BCUT2D eigenvalue weighted by molar-refractivity contribution is 5.77. The lowest BCUT2D eigenvalue weighted by Crippen LogP contribution is -2.34. The Hall–Kier alpha value is -3.01. The first-order chi connectivity index (χ1) is 12.6. The first-order valence-corrected chi connectivity index (χ1v) is 8.42. The molecule has 0 saturated heterocycles. The van der Waals surface area contributed by atoms with Crippen LogP contribution in [0.2, 0.25) is 0 Å². The first-order valence-electron chi connectivity index (χ1n) is 8.42. The van der Waals surface area contributed by atoms with Crippen molar-refractivity contribution >= 4 is 11.6 Å². The Morgan fingerprint density at radius 1 is 1.35 bits per heavy atom. The van der Waals surface area contributed by atoms with E-state index in [0.717, 1.165) is 18.7 Å². The number of ether oxygens (including phenoxy) is 1. The first kappa shape index (κ1) is 16.5. The SMILES string of the molecule is C[C@@H](O)c1cc2n(n1)CCCN(C(=O)COc1ccc3nncn3n1)C2. The lowest BCUT2D eigenvalue weighted by molar-refractivity contribution is -0.134. The number of aliphatic hydroxyl groups is 1. The number of aliphatic hydroxyl groups excluding tert-OH is 1. The zero-order chi connectivity index (χ0) is 18.1. The van der Waals surface area contributed by atoms with Gasteiger partial charge in [-0.15, -0.1) is 15.3 Å². The minimum absolute atomic E-state index is 0.0992. The highest BCUT2D eigenvalue weighted by atomic mass is 16.5. The van der Waals surface area contributed by atoms with Gasteiger partial charge >= 0.3 is 0 Å². The van der Waals surface area contributed by atoms with Crippen LogP contribution in [-0.4, -0.2) is 58.7 Å². The normalized spacial score (nSPS) is 15.5. The molecule has 4 heterocycles. The van der Waals surface area contributed by atoms with E-state index in [9.17, 15) is 9.90 Å². The summed E-state index contributed by atoms with van der Waals surface area (Å²) in [5.41, 5.74) is 2.14.